The van der Waals surface area contributed by atoms with Crippen molar-refractivity contribution in [1.82, 2.24) is 9.97 Å². The zero-order valence-electron chi connectivity index (χ0n) is 12.3. The first-order chi connectivity index (χ1) is 10.1. The molecule has 21 heavy (non-hydrogen) atoms. The predicted octanol–water partition coefficient (Wildman–Crippen LogP) is 2.95. The van der Waals surface area contributed by atoms with E-state index in [0.717, 1.165) is 13.0 Å². The van der Waals surface area contributed by atoms with Gasteiger partial charge in [-0.1, -0.05) is 13.8 Å². The fraction of sp³-hybridized carbons (Fsp3) is 0.500. The van der Waals surface area contributed by atoms with Crippen LogP contribution in [0.1, 0.15) is 20.3 Å². The molecule has 1 aromatic carbocycles. The van der Waals surface area contributed by atoms with Crippen LogP contribution in [-0.4, -0.2) is 34.6 Å². The standard InChI is InChI=1S/C14H20N4O3/c1-10(2)5-7-21-8-6-15-14-16-12-4-3-11(18(19)20)9-13(12)17-14/h3-4,9-10H,5-8H2,1-2H3,(H2,15,16,17). The lowest BCUT2D eigenvalue weighted by molar-refractivity contribution is -0.384. The maximum atomic E-state index is 10.7. The summed E-state index contributed by atoms with van der Waals surface area (Å²) >= 11 is 0. The molecule has 2 aromatic rings. The van der Waals surface area contributed by atoms with Gasteiger partial charge in [0.15, 0.2) is 0 Å². The number of fused-ring (bicyclic) bond motifs is 1. The van der Waals surface area contributed by atoms with Crippen molar-refractivity contribution in [3.8, 4) is 0 Å². The molecule has 0 aliphatic rings. The van der Waals surface area contributed by atoms with E-state index in [1.807, 2.05) is 0 Å². The second-order valence-electron chi connectivity index (χ2n) is 5.27. The molecule has 114 valence electrons. The van der Waals surface area contributed by atoms with Gasteiger partial charge in [0, 0.05) is 25.3 Å². The zero-order chi connectivity index (χ0) is 15.2. The molecule has 1 aromatic heterocycles. The summed E-state index contributed by atoms with van der Waals surface area (Å²) in [5.41, 5.74) is 1.39. The second kappa shape index (κ2) is 7.03. The number of aromatic amines is 1. The highest BCUT2D eigenvalue weighted by Crippen LogP contribution is 2.20. The van der Waals surface area contributed by atoms with Crippen molar-refractivity contribution in [2.45, 2.75) is 20.3 Å². The number of hydrogen-bond donors (Lipinski definition) is 2. The normalized spacial score (nSPS) is 11.2. The minimum atomic E-state index is -0.421. The Labute approximate surface area is 122 Å². The van der Waals surface area contributed by atoms with Gasteiger partial charge in [-0.05, 0) is 18.4 Å². The molecule has 0 atom stereocenters. The number of hydrogen-bond acceptors (Lipinski definition) is 5. The SMILES string of the molecule is CC(C)CCOCCNc1nc2ccc([N+](=O)[O-])cc2[nH]1. The molecule has 2 rings (SSSR count). The van der Waals surface area contributed by atoms with Crippen LogP contribution in [-0.2, 0) is 4.74 Å². The molecular weight excluding hydrogens is 272 g/mol. The Bertz CT molecular complexity index is 609. The number of anilines is 1. The van der Waals surface area contributed by atoms with Crippen LogP contribution in [0.15, 0.2) is 18.2 Å². The monoisotopic (exact) mass is 292 g/mol. The Morgan fingerprint density at radius 1 is 1.43 bits per heavy atom. The quantitative estimate of drug-likeness (QED) is 0.443. The number of benzene rings is 1. The highest BCUT2D eigenvalue weighted by Gasteiger charge is 2.09. The molecule has 7 heteroatoms. The van der Waals surface area contributed by atoms with Crippen LogP contribution >= 0.6 is 0 Å². The minimum Gasteiger partial charge on any atom is -0.380 e. The molecule has 0 radical (unpaired) electrons. The predicted molar refractivity (Wildman–Crippen MR) is 81.5 cm³/mol. The summed E-state index contributed by atoms with van der Waals surface area (Å²) in [5.74, 6) is 1.24. The molecule has 2 N–H and O–H groups in total. The summed E-state index contributed by atoms with van der Waals surface area (Å²) in [5, 5.41) is 13.8. The van der Waals surface area contributed by atoms with Gasteiger partial charge in [0.1, 0.15) is 0 Å². The number of ether oxygens (including phenoxy) is 1. The largest absolute Gasteiger partial charge is 0.380 e. The van der Waals surface area contributed by atoms with Crippen LogP contribution in [0.5, 0.6) is 0 Å². The number of rotatable bonds is 8. The van der Waals surface area contributed by atoms with Crippen molar-refractivity contribution >= 4 is 22.7 Å². The fourth-order valence-corrected chi connectivity index (χ4v) is 1.86. The summed E-state index contributed by atoms with van der Waals surface area (Å²) < 4.78 is 5.50. The Hall–Kier alpha value is -2.15. The van der Waals surface area contributed by atoms with E-state index in [1.54, 1.807) is 6.07 Å². The van der Waals surface area contributed by atoms with E-state index in [4.69, 9.17) is 4.74 Å². The van der Waals surface area contributed by atoms with E-state index in [9.17, 15) is 10.1 Å². The van der Waals surface area contributed by atoms with Gasteiger partial charge in [-0.3, -0.25) is 10.1 Å². The molecule has 1 heterocycles. The lowest BCUT2D eigenvalue weighted by Gasteiger charge is -2.06. The van der Waals surface area contributed by atoms with Crippen LogP contribution in [0.3, 0.4) is 0 Å². The number of imidazole rings is 1. The summed E-state index contributed by atoms with van der Waals surface area (Å²) in [7, 11) is 0. The molecular formula is C14H20N4O3. The molecule has 0 aliphatic carbocycles. The molecule has 7 nitrogen and oxygen atoms in total. The third-order valence-electron chi connectivity index (χ3n) is 3.05. The van der Waals surface area contributed by atoms with Crippen molar-refractivity contribution in [3.05, 3.63) is 28.3 Å². The lowest BCUT2D eigenvalue weighted by atomic mass is 10.1. The molecule has 0 amide bonds. The van der Waals surface area contributed by atoms with Gasteiger partial charge in [0.25, 0.3) is 5.69 Å². The third kappa shape index (κ3) is 4.42. The fourth-order valence-electron chi connectivity index (χ4n) is 1.86. The smallest absolute Gasteiger partial charge is 0.271 e. The van der Waals surface area contributed by atoms with E-state index in [2.05, 4.69) is 29.1 Å². The molecule has 0 unspecified atom stereocenters. The van der Waals surface area contributed by atoms with E-state index in [1.165, 1.54) is 12.1 Å². The Morgan fingerprint density at radius 3 is 2.95 bits per heavy atom. The number of H-pyrrole nitrogens is 1. The van der Waals surface area contributed by atoms with Gasteiger partial charge in [0.05, 0.1) is 22.6 Å². The molecule has 0 fully saturated rings. The van der Waals surface area contributed by atoms with Crippen molar-refractivity contribution in [3.63, 3.8) is 0 Å². The Kier molecular flexibility index (Phi) is 5.10. The summed E-state index contributed by atoms with van der Waals surface area (Å²) in [6.07, 6.45) is 1.05. The highest BCUT2D eigenvalue weighted by molar-refractivity contribution is 5.79. The average Bonchev–Trinajstić information content (AvgIpc) is 2.83. The molecule has 0 saturated carbocycles. The van der Waals surface area contributed by atoms with Gasteiger partial charge in [-0.15, -0.1) is 0 Å². The van der Waals surface area contributed by atoms with E-state index in [0.29, 0.717) is 36.1 Å². The maximum absolute atomic E-state index is 10.7. The summed E-state index contributed by atoms with van der Waals surface area (Å²) in [6, 6.07) is 4.56. The number of aromatic nitrogens is 2. The first kappa shape index (κ1) is 15.2. The number of nitro groups is 1. The topological polar surface area (TPSA) is 93.1 Å². The van der Waals surface area contributed by atoms with E-state index in [-0.39, 0.29) is 5.69 Å². The van der Waals surface area contributed by atoms with Gasteiger partial charge in [-0.25, -0.2) is 4.98 Å². The second-order valence-corrected chi connectivity index (χ2v) is 5.27. The number of nitrogens with zero attached hydrogens (tertiary/aromatic N) is 2. The average molecular weight is 292 g/mol. The van der Waals surface area contributed by atoms with Crippen LogP contribution in [0.2, 0.25) is 0 Å². The lowest BCUT2D eigenvalue weighted by Crippen LogP contribution is -2.11. The van der Waals surface area contributed by atoms with Crippen molar-refractivity contribution in [2.24, 2.45) is 5.92 Å². The molecule has 0 bridgehead atoms. The van der Waals surface area contributed by atoms with Gasteiger partial charge >= 0.3 is 0 Å². The van der Waals surface area contributed by atoms with Crippen molar-refractivity contribution in [2.75, 3.05) is 25.1 Å². The van der Waals surface area contributed by atoms with Crippen LogP contribution < -0.4 is 5.32 Å². The van der Waals surface area contributed by atoms with Crippen molar-refractivity contribution in [1.29, 1.82) is 0 Å². The van der Waals surface area contributed by atoms with Gasteiger partial charge in [0.2, 0.25) is 5.95 Å². The van der Waals surface area contributed by atoms with Crippen LogP contribution in [0.4, 0.5) is 11.6 Å². The number of nitro benzene ring substituents is 1. The minimum absolute atomic E-state index is 0.0507. The first-order valence-electron chi connectivity index (χ1n) is 7.02. The van der Waals surface area contributed by atoms with Gasteiger partial charge in [-0.2, -0.15) is 0 Å². The Balaban J connectivity index is 1.84. The van der Waals surface area contributed by atoms with Gasteiger partial charge < -0.3 is 15.0 Å². The van der Waals surface area contributed by atoms with Crippen LogP contribution in [0, 0.1) is 16.0 Å². The van der Waals surface area contributed by atoms with E-state index < -0.39 is 4.92 Å². The number of non-ortho nitro benzene ring substituents is 1. The highest BCUT2D eigenvalue weighted by atomic mass is 16.6. The molecule has 0 saturated heterocycles. The molecule has 0 aliphatic heterocycles. The first-order valence-corrected chi connectivity index (χ1v) is 7.02. The van der Waals surface area contributed by atoms with Crippen LogP contribution in [0.25, 0.3) is 11.0 Å². The third-order valence-corrected chi connectivity index (χ3v) is 3.05. The Morgan fingerprint density at radius 2 is 2.24 bits per heavy atom. The zero-order valence-corrected chi connectivity index (χ0v) is 12.3. The van der Waals surface area contributed by atoms with Crippen molar-refractivity contribution < 1.29 is 9.66 Å². The van der Waals surface area contributed by atoms with E-state index >= 15 is 0 Å². The molecule has 0 spiro atoms. The maximum Gasteiger partial charge on any atom is 0.271 e. The summed E-state index contributed by atoms with van der Waals surface area (Å²) in [6.45, 7) is 6.32. The number of nitrogens with one attached hydrogen (secondary N) is 2. The summed E-state index contributed by atoms with van der Waals surface area (Å²) in [4.78, 5) is 17.6.